The molecule has 0 bridgehead atoms. The lowest BCUT2D eigenvalue weighted by molar-refractivity contribution is 0.0682. The highest BCUT2D eigenvalue weighted by Gasteiger charge is 2.17. The van der Waals surface area contributed by atoms with Crippen LogP contribution in [0.3, 0.4) is 0 Å². The molecule has 45 heavy (non-hydrogen) atoms. The van der Waals surface area contributed by atoms with Crippen LogP contribution in [-0.2, 0) is 12.8 Å². The molecule has 0 aliphatic rings. The second kappa shape index (κ2) is 18.7. The summed E-state index contributed by atoms with van der Waals surface area (Å²) < 4.78 is 6.44. The van der Waals surface area contributed by atoms with Crippen LogP contribution in [0.2, 0.25) is 0 Å². The van der Waals surface area contributed by atoms with Crippen molar-refractivity contribution in [2.75, 3.05) is 6.61 Å². The van der Waals surface area contributed by atoms with Gasteiger partial charge in [0.1, 0.15) is 28.4 Å². The average Bonchev–Trinajstić information content (AvgIpc) is 3.00. The predicted octanol–water partition coefficient (Wildman–Crippen LogP) is 9.45. The van der Waals surface area contributed by atoms with E-state index in [1.54, 1.807) is 12.1 Å². The van der Waals surface area contributed by atoms with E-state index < -0.39 is 11.9 Å². The normalized spacial score (nSPS) is 11.1. The SMILES string of the molecule is CCCCCCCCCCCCCCCOc1c(Cc2ccc(O)c(C(=O)O)c2)cc(C)cc1Cc1ccc(O)c(C(=O)O)c1. The van der Waals surface area contributed by atoms with E-state index in [-0.39, 0.29) is 22.6 Å². The van der Waals surface area contributed by atoms with Crippen molar-refractivity contribution in [2.45, 2.75) is 110 Å². The van der Waals surface area contributed by atoms with E-state index in [4.69, 9.17) is 4.74 Å². The van der Waals surface area contributed by atoms with Crippen LogP contribution < -0.4 is 4.74 Å². The molecule has 0 aliphatic carbocycles. The highest BCUT2D eigenvalue weighted by Crippen LogP contribution is 2.32. The summed E-state index contributed by atoms with van der Waals surface area (Å²) in [6, 6.07) is 13.2. The first-order valence-corrected chi connectivity index (χ1v) is 16.5. The molecule has 0 radical (unpaired) electrons. The highest BCUT2D eigenvalue weighted by atomic mass is 16.5. The Morgan fingerprint density at radius 3 is 1.40 bits per heavy atom. The van der Waals surface area contributed by atoms with Gasteiger partial charge in [-0.2, -0.15) is 0 Å². The van der Waals surface area contributed by atoms with E-state index in [2.05, 4.69) is 6.92 Å². The van der Waals surface area contributed by atoms with Gasteiger partial charge in [-0.25, -0.2) is 9.59 Å². The topological polar surface area (TPSA) is 124 Å². The highest BCUT2D eigenvalue weighted by molar-refractivity contribution is 5.91. The fourth-order valence-corrected chi connectivity index (χ4v) is 5.84. The van der Waals surface area contributed by atoms with Gasteiger partial charge in [0.2, 0.25) is 0 Å². The fourth-order valence-electron chi connectivity index (χ4n) is 5.84. The number of benzene rings is 3. The molecule has 0 spiro atoms. The third kappa shape index (κ3) is 11.8. The van der Waals surface area contributed by atoms with Crippen LogP contribution >= 0.6 is 0 Å². The number of carboxylic acids is 2. The summed E-state index contributed by atoms with van der Waals surface area (Å²) >= 11 is 0. The van der Waals surface area contributed by atoms with Crippen LogP contribution in [0.5, 0.6) is 17.2 Å². The maximum atomic E-state index is 11.6. The largest absolute Gasteiger partial charge is 0.507 e. The zero-order valence-electron chi connectivity index (χ0n) is 26.9. The molecule has 0 amide bonds. The smallest absolute Gasteiger partial charge is 0.339 e. The van der Waals surface area contributed by atoms with Crippen LogP contribution in [0.25, 0.3) is 0 Å². The van der Waals surface area contributed by atoms with E-state index in [0.29, 0.717) is 25.2 Å². The summed E-state index contributed by atoms with van der Waals surface area (Å²) in [7, 11) is 0. The van der Waals surface area contributed by atoms with Crippen molar-refractivity contribution < 1.29 is 34.8 Å². The summed E-state index contributed by atoms with van der Waals surface area (Å²) in [4.78, 5) is 23.2. The molecular weight excluding hydrogens is 568 g/mol. The van der Waals surface area contributed by atoms with E-state index in [1.807, 2.05) is 19.1 Å². The van der Waals surface area contributed by atoms with Crippen molar-refractivity contribution in [3.8, 4) is 17.2 Å². The van der Waals surface area contributed by atoms with Crippen molar-refractivity contribution in [3.63, 3.8) is 0 Å². The second-order valence-corrected chi connectivity index (χ2v) is 12.2. The van der Waals surface area contributed by atoms with Crippen molar-refractivity contribution in [3.05, 3.63) is 87.5 Å². The maximum absolute atomic E-state index is 11.6. The third-order valence-electron chi connectivity index (χ3n) is 8.25. The molecule has 0 aromatic heterocycles. The van der Waals surface area contributed by atoms with Crippen LogP contribution in [0.1, 0.15) is 139 Å². The van der Waals surface area contributed by atoms with Crippen molar-refractivity contribution in [2.24, 2.45) is 0 Å². The minimum absolute atomic E-state index is 0.153. The first-order valence-electron chi connectivity index (χ1n) is 16.5. The summed E-state index contributed by atoms with van der Waals surface area (Å²) in [5, 5.41) is 39.0. The van der Waals surface area contributed by atoms with Gasteiger partial charge >= 0.3 is 11.9 Å². The van der Waals surface area contributed by atoms with Crippen LogP contribution in [0.4, 0.5) is 0 Å². The number of unbranched alkanes of at least 4 members (excludes halogenated alkanes) is 12. The molecule has 0 saturated heterocycles. The molecule has 0 saturated carbocycles. The van der Waals surface area contributed by atoms with E-state index in [0.717, 1.165) is 40.7 Å². The van der Waals surface area contributed by atoms with Crippen molar-refractivity contribution in [1.82, 2.24) is 0 Å². The Bertz CT molecular complexity index is 1310. The van der Waals surface area contributed by atoms with Gasteiger partial charge in [-0.3, -0.25) is 0 Å². The van der Waals surface area contributed by atoms with E-state index in [9.17, 15) is 30.0 Å². The lowest BCUT2D eigenvalue weighted by Gasteiger charge is -2.18. The molecule has 0 unspecified atom stereocenters. The van der Waals surface area contributed by atoms with Crippen LogP contribution in [0, 0.1) is 6.92 Å². The molecule has 7 nitrogen and oxygen atoms in total. The van der Waals surface area contributed by atoms with Crippen LogP contribution in [-0.4, -0.2) is 39.0 Å². The Kier molecular flexibility index (Phi) is 14.8. The summed E-state index contributed by atoms with van der Waals surface area (Å²) in [6.07, 6.45) is 17.2. The zero-order chi connectivity index (χ0) is 32.6. The van der Waals surface area contributed by atoms with Gasteiger partial charge in [0, 0.05) is 12.8 Å². The standard InChI is InChI=1S/C38H50O7/c1-3-4-5-6-7-8-9-10-11-12-13-14-15-20-45-36-30(23-28-16-18-34(39)32(25-28)37(41)42)21-27(2)22-31(36)24-29-17-19-35(40)33(26-29)38(43)44/h16-19,21-22,25-26,39-40H,3-15,20,23-24H2,1-2H3,(H,41,42)(H,43,44). The summed E-state index contributed by atoms with van der Waals surface area (Å²) in [6.45, 7) is 4.76. The Labute approximate surface area is 267 Å². The number of aromatic hydroxyl groups is 2. The molecule has 0 aliphatic heterocycles. The van der Waals surface area contributed by atoms with Crippen LogP contribution in [0.15, 0.2) is 48.5 Å². The number of carboxylic acid groups (broad SMARTS) is 2. The maximum Gasteiger partial charge on any atom is 0.339 e. The quantitative estimate of drug-likeness (QED) is 0.0877. The number of aryl methyl sites for hydroxylation is 1. The molecule has 0 heterocycles. The number of ether oxygens (including phenoxy) is 1. The lowest BCUT2D eigenvalue weighted by atomic mass is 9.94. The number of carbonyl (C=O) groups is 2. The minimum atomic E-state index is -1.19. The molecule has 3 rings (SSSR count). The molecule has 244 valence electrons. The van der Waals surface area contributed by atoms with E-state index >= 15 is 0 Å². The average molecular weight is 619 g/mol. The number of aromatic carboxylic acids is 2. The summed E-state index contributed by atoms with van der Waals surface area (Å²) in [5.74, 6) is -2.25. The molecule has 3 aromatic rings. The number of rotatable bonds is 21. The second-order valence-electron chi connectivity index (χ2n) is 12.2. The Balaban J connectivity index is 1.66. The minimum Gasteiger partial charge on any atom is -0.507 e. The van der Waals surface area contributed by atoms with Gasteiger partial charge in [-0.05, 0) is 59.9 Å². The Hall–Kier alpha value is -4.00. The molecule has 4 N–H and O–H groups in total. The third-order valence-corrected chi connectivity index (χ3v) is 8.25. The van der Waals surface area contributed by atoms with Gasteiger partial charge < -0.3 is 25.2 Å². The van der Waals surface area contributed by atoms with Gasteiger partial charge in [0.25, 0.3) is 0 Å². The molecule has 7 heteroatoms. The Morgan fingerprint density at radius 1 is 0.600 bits per heavy atom. The van der Waals surface area contributed by atoms with E-state index in [1.165, 1.54) is 94.9 Å². The predicted molar refractivity (Wildman–Crippen MR) is 178 cm³/mol. The molecule has 0 fully saturated rings. The molecular formula is C38H50O7. The number of hydrogen-bond donors (Lipinski definition) is 4. The molecule has 3 aromatic carbocycles. The van der Waals surface area contributed by atoms with Gasteiger partial charge in [0.05, 0.1) is 6.61 Å². The Morgan fingerprint density at radius 2 is 1.00 bits per heavy atom. The van der Waals surface area contributed by atoms with Gasteiger partial charge in [0.15, 0.2) is 0 Å². The molecule has 0 atom stereocenters. The van der Waals surface area contributed by atoms with Crippen molar-refractivity contribution in [1.29, 1.82) is 0 Å². The number of hydrogen-bond acceptors (Lipinski definition) is 5. The zero-order valence-corrected chi connectivity index (χ0v) is 26.9. The van der Waals surface area contributed by atoms with Crippen molar-refractivity contribution >= 4 is 11.9 Å². The van der Waals surface area contributed by atoms with Gasteiger partial charge in [-0.1, -0.05) is 114 Å². The number of phenols is 2. The summed E-state index contributed by atoms with van der Waals surface area (Å²) in [5.41, 5.74) is 3.91. The lowest BCUT2D eigenvalue weighted by Crippen LogP contribution is -2.07. The monoisotopic (exact) mass is 618 g/mol. The first-order chi connectivity index (χ1) is 21.7. The fraction of sp³-hybridized carbons (Fsp3) is 0.474. The van der Waals surface area contributed by atoms with Gasteiger partial charge in [-0.15, -0.1) is 0 Å². The first kappa shape index (κ1) is 35.5.